The van der Waals surface area contributed by atoms with Crippen molar-refractivity contribution in [3.8, 4) is 22.1 Å². The summed E-state index contributed by atoms with van der Waals surface area (Å²) < 4.78 is 17.0. The van der Waals surface area contributed by atoms with Gasteiger partial charge in [0, 0.05) is 40.2 Å². The van der Waals surface area contributed by atoms with E-state index in [4.69, 9.17) is 9.26 Å². The van der Waals surface area contributed by atoms with Crippen LogP contribution in [0.2, 0.25) is 0 Å². The van der Waals surface area contributed by atoms with Gasteiger partial charge in [0.25, 0.3) is 0 Å². The zero-order valence-corrected chi connectivity index (χ0v) is 17.0. The number of ether oxygens (including phenoxy) is 2. The molecule has 3 aromatic heterocycles. The van der Waals surface area contributed by atoms with Gasteiger partial charge >= 0.3 is 5.97 Å². The Kier molecular flexibility index (Phi) is 4.44. The van der Waals surface area contributed by atoms with Gasteiger partial charge in [0.2, 0.25) is 5.76 Å². The van der Waals surface area contributed by atoms with Gasteiger partial charge in [0.05, 0.1) is 7.11 Å². The molecule has 30 heavy (non-hydrogen) atoms. The van der Waals surface area contributed by atoms with Crippen LogP contribution in [0.1, 0.15) is 16.1 Å². The Bertz CT molecular complexity index is 1400. The van der Waals surface area contributed by atoms with Gasteiger partial charge in [-0.2, -0.15) is 0 Å². The number of hydrogen-bond acceptors (Lipinski definition) is 7. The highest BCUT2D eigenvalue weighted by molar-refractivity contribution is 7.20. The van der Waals surface area contributed by atoms with Crippen LogP contribution in [0.3, 0.4) is 0 Å². The smallest absolute Gasteiger partial charge is 0.376 e. The minimum absolute atomic E-state index is 0.0720. The number of pyridine rings is 1. The lowest BCUT2D eigenvalue weighted by molar-refractivity contribution is 0.0554. The highest BCUT2D eigenvalue weighted by atomic mass is 32.1. The summed E-state index contributed by atoms with van der Waals surface area (Å²) in [6.07, 6.45) is 3.60. The van der Waals surface area contributed by atoms with Gasteiger partial charge in [-0.25, -0.2) is 4.79 Å². The van der Waals surface area contributed by atoms with Crippen molar-refractivity contribution in [3.63, 3.8) is 0 Å². The second-order valence-corrected chi connectivity index (χ2v) is 7.89. The van der Waals surface area contributed by atoms with E-state index >= 15 is 0 Å². The second kappa shape index (κ2) is 7.27. The van der Waals surface area contributed by atoms with Gasteiger partial charge in [-0.05, 0) is 41.5 Å². The number of nitrogens with zero attached hydrogens (tertiary/aromatic N) is 2. The minimum atomic E-state index is -0.554. The van der Waals surface area contributed by atoms with E-state index in [-0.39, 0.29) is 5.76 Å². The summed E-state index contributed by atoms with van der Waals surface area (Å²) in [7, 11) is 1.30. The average molecular weight is 416 g/mol. The summed E-state index contributed by atoms with van der Waals surface area (Å²) in [6.45, 7) is 2.05. The molecule has 5 rings (SSSR count). The fourth-order valence-corrected chi connectivity index (χ4v) is 4.29. The van der Waals surface area contributed by atoms with Crippen molar-refractivity contribution in [1.29, 1.82) is 0 Å². The van der Waals surface area contributed by atoms with Crippen LogP contribution in [0.25, 0.3) is 32.1 Å². The maximum Gasteiger partial charge on any atom is 0.376 e. The van der Waals surface area contributed by atoms with Gasteiger partial charge < -0.3 is 14.0 Å². The number of benzene rings is 2. The number of aromatic nitrogens is 2. The Morgan fingerprint density at radius 3 is 2.83 bits per heavy atom. The first-order valence-corrected chi connectivity index (χ1v) is 10.0. The lowest BCUT2D eigenvalue weighted by Crippen LogP contribution is -1.98. The van der Waals surface area contributed by atoms with E-state index < -0.39 is 5.97 Å². The Morgan fingerprint density at radius 2 is 1.97 bits per heavy atom. The van der Waals surface area contributed by atoms with Gasteiger partial charge in [0.15, 0.2) is 5.06 Å². The predicted molar refractivity (Wildman–Crippen MR) is 115 cm³/mol. The molecule has 0 saturated carbocycles. The van der Waals surface area contributed by atoms with Gasteiger partial charge in [-0.1, -0.05) is 34.7 Å². The number of aryl methyl sites for hydroxylation is 1. The van der Waals surface area contributed by atoms with Crippen molar-refractivity contribution in [1.82, 2.24) is 10.1 Å². The number of carbonyl (C=O) groups is 1. The van der Waals surface area contributed by atoms with Crippen LogP contribution in [0.4, 0.5) is 0 Å². The zero-order chi connectivity index (χ0) is 20.7. The van der Waals surface area contributed by atoms with Crippen LogP contribution < -0.4 is 4.74 Å². The summed E-state index contributed by atoms with van der Waals surface area (Å²) >= 11 is 1.54. The number of thiophene rings is 1. The topological polar surface area (TPSA) is 74.5 Å². The molecule has 0 N–H and O–H groups in total. The molecule has 0 spiro atoms. The zero-order valence-electron chi connectivity index (χ0n) is 16.2. The molecule has 0 unspecified atom stereocenters. The van der Waals surface area contributed by atoms with Crippen molar-refractivity contribution in [3.05, 3.63) is 72.2 Å². The van der Waals surface area contributed by atoms with Crippen molar-refractivity contribution >= 4 is 38.2 Å². The van der Waals surface area contributed by atoms with Crippen LogP contribution in [-0.2, 0) is 4.74 Å². The summed E-state index contributed by atoms with van der Waals surface area (Å²) in [4.78, 5) is 15.8. The first kappa shape index (κ1) is 18.3. The predicted octanol–water partition coefficient (Wildman–Crippen LogP) is 5.99. The van der Waals surface area contributed by atoms with E-state index in [9.17, 15) is 4.79 Å². The van der Waals surface area contributed by atoms with Crippen LogP contribution in [0.5, 0.6) is 10.8 Å². The molecule has 0 aliphatic rings. The van der Waals surface area contributed by atoms with Crippen molar-refractivity contribution in [2.24, 2.45) is 0 Å². The third-order valence-electron chi connectivity index (χ3n) is 4.76. The summed E-state index contributed by atoms with van der Waals surface area (Å²) in [5.41, 5.74) is 2.54. The molecule has 0 atom stereocenters. The van der Waals surface area contributed by atoms with Crippen LogP contribution >= 0.6 is 11.3 Å². The molecule has 0 aliphatic heterocycles. The van der Waals surface area contributed by atoms with E-state index in [2.05, 4.69) is 20.9 Å². The molecule has 3 heterocycles. The number of hydrogen-bond donors (Lipinski definition) is 0. The maximum absolute atomic E-state index is 11.6. The van der Waals surface area contributed by atoms with E-state index in [1.54, 1.807) is 23.6 Å². The van der Waals surface area contributed by atoms with Gasteiger partial charge in [-0.3, -0.25) is 4.98 Å². The molecule has 0 amide bonds. The average Bonchev–Trinajstić information content (AvgIpc) is 3.39. The molecule has 0 aliphatic carbocycles. The lowest BCUT2D eigenvalue weighted by Gasteiger charge is -2.08. The Hall–Kier alpha value is -3.71. The Labute approximate surface area is 175 Å². The van der Waals surface area contributed by atoms with E-state index in [0.29, 0.717) is 5.69 Å². The van der Waals surface area contributed by atoms with Gasteiger partial charge in [0.1, 0.15) is 11.4 Å². The fourth-order valence-electron chi connectivity index (χ4n) is 3.33. The molecule has 7 heteroatoms. The third-order valence-corrected chi connectivity index (χ3v) is 5.74. The molecule has 0 saturated heterocycles. The standard InChI is InChI=1S/C23H16N2O4S/c1-13-7-14-5-6-24-12-17(14)19(8-13)28-22-10-16-4-3-15(9-21(16)30-22)18-11-20(29-25-18)23(26)27-2/h3-12H,1-2H3. The number of carbonyl (C=O) groups excluding carboxylic acids is 1. The number of methoxy groups -OCH3 is 1. The van der Waals surface area contributed by atoms with Crippen LogP contribution in [0, 0.1) is 6.92 Å². The Balaban J connectivity index is 1.49. The fraction of sp³-hybridized carbons (Fsp3) is 0.0870. The summed E-state index contributed by atoms with van der Waals surface area (Å²) in [6, 6.07) is 15.6. The molecule has 0 bridgehead atoms. The molecular weight excluding hydrogens is 400 g/mol. The molecule has 2 aromatic carbocycles. The molecule has 148 valence electrons. The highest BCUT2D eigenvalue weighted by Crippen LogP contribution is 2.39. The minimum Gasteiger partial charge on any atom is -0.463 e. The lowest BCUT2D eigenvalue weighted by atomic mass is 10.1. The summed E-state index contributed by atoms with van der Waals surface area (Å²) in [5, 5.41) is 7.88. The van der Waals surface area contributed by atoms with Crippen molar-refractivity contribution in [2.75, 3.05) is 7.11 Å². The number of rotatable bonds is 4. The molecule has 0 radical (unpaired) electrons. The third kappa shape index (κ3) is 3.29. The first-order chi connectivity index (χ1) is 14.6. The largest absolute Gasteiger partial charge is 0.463 e. The molecule has 5 aromatic rings. The molecular formula is C23H16N2O4S. The monoisotopic (exact) mass is 416 g/mol. The SMILES string of the molecule is COC(=O)c1cc(-c2ccc3cc(Oc4cc(C)cc5ccncc45)sc3c2)no1. The van der Waals surface area contributed by atoms with Crippen molar-refractivity contribution < 1.29 is 18.8 Å². The first-order valence-electron chi connectivity index (χ1n) is 9.22. The quantitative estimate of drug-likeness (QED) is 0.335. The van der Waals surface area contributed by atoms with Crippen molar-refractivity contribution in [2.45, 2.75) is 6.92 Å². The van der Waals surface area contributed by atoms with E-state index in [0.717, 1.165) is 42.8 Å². The highest BCUT2D eigenvalue weighted by Gasteiger charge is 2.15. The van der Waals surface area contributed by atoms with E-state index in [1.807, 2.05) is 49.5 Å². The van der Waals surface area contributed by atoms with Crippen LogP contribution in [0.15, 0.2) is 65.4 Å². The molecule has 0 fully saturated rings. The Morgan fingerprint density at radius 1 is 1.07 bits per heavy atom. The maximum atomic E-state index is 11.6. The van der Waals surface area contributed by atoms with Crippen LogP contribution in [-0.4, -0.2) is 23.2 Å². The normalized spacial score (nSPS) is 11.1. The van der Waals surface area contributed by atoms with Gasteiger partial charge in [-0.15, -0.1) is 0 Å². The second-order valence-electron chi connectivity index (χ2n) is 6.85. The molecule has 6 nitrogen and oxygen atoms in total. The number of esters is 1. The van der Waals surface area contributed by atoms with E-state index in [1.165, 1.54) is 7.11 Å². The number of fused-ring (bicyclic) bond motifs is 2. The summed E-state index contributed by atoms with van der Waals surface area (Å²) in [5.74, 6) is 0.299.